The number of para-hydroxylation sites is 2. The Morgan fingerprint density at radius 2 is 1.86 bits per heavy atom. The predicted octanol–water partition coefficient (Wildman–Crippen LogP) is 1.52. The number of hydrogen-bond acceptors (Lipinski definition) is 5. The molecule has 0 atom stereocenters. The molecule has 0 aliphatic rings. The molecular formula is C8H10N2O4. The van der Waals surface area contributed by atoms with Gasteiger partial charge in [-0.25, -0.2) is 0 Å². The summed E-state index contributed by atoms with van der Waals surface area (Å²) in [6.45, 7) is 0. The molecule has 6 heteroatoms. The van der Waals surface area contributed by atoms with Gasteiger partial charge in [-0.3, -0.25) is 19.8 Å². The van der Waals surface area contributed by atoms with Crippen molar-refractivity contribution in [2.45, 2.75) is 0 Å². The fourth-order valence-corrected chi connectivity index (χ4v) is 1.04. The highest BCUT2D eigenvalue weighted by molar-refractivity contribution is 5.60. The van der Waals surface area contributed by atoms with Crippen LogP contribution in [0.15, 0.2) is 24.3 Å². The molecule has 0 fully saturated rings. The molecular weight excluding hydrogens is 188 g/mol. The van der Waals surface area contributed by atoms with Gasteiger partial charge in [0.2, 0.25) is 0 Å². The Hall–Kier alpha value is -1.66. The summed E-state index contributed by atoms with van der Waals surface area (Å²) in [7, 11) is 2.72. The van der Waals surface area contributed by atoms with Crippen molar-refractivity contribution in [2.75, 3.05) is 19.4 Å². The lowest BCUT2D eigenvalue weighted by Gasteiger charge is -2.17. The van der Waals surface area contributed by atoms with E-state index in [0.717, 1.165) is 5.23 Å². The third-order valence-electron chi connectivity index (χ3n) is 1.61. The average molecular weight is 198 g/mol. The van der Waals surface area contributed by atoms with E-state index >= 15 is 0 Å². The maximum Gasteiger partial charge on any atom is 0.297 e. The van der Waals surface area contributed by atoms with Gasteiger partial charge in [-0.15, -0.1) is 5.23 Å². The van der Waals surface area contributed by atoms with Crippen LogP contribution in [0, 0.1) is 10.1 Å². The van der Waals surface area contributed by atoms with Crippen LogP contribution in [-0.4, -0.2) is 19.1 Å². The molecule has 0 bridgehead atoms. The average Bonchev–Trinajstić information content (AvgIpc) is 2.20. The third kappa shape index (κ3) is 1.98. The van der Waals surface area contributed by atoms with Gasteiger partial charge in [-0.1, -0.05) is 12.1 Å². The zero-order valence-corrected chi connectivity index (χ0v) is 7.84. The van der Waals surface area contributed by atoms with Gasteiger partial charge in [0.1, 0.15) is 0 Å². The standard InChI is InChI=1S/C8H10N2O4/c1-13-10(14-2)8-6-4-3-5-7(8)9(11)12/h3-6H,1-2H3. The van der Waals surface area contributed by atoms with E-state index in [0.29, 0.717) is 0 Å². The predicted molar refractivity (Wildman–Crippen MR) is 49.6 cm³/mol. The molecule has 0 saturated heterocycles. The second-order valence-electron chi connectivity index (χ2n) is 2.37. The van der Waals surface area contributed by atoms with E-state index in [4.69, 9.17) is 9.68 Å². The van der Waals surface area contributed by atoms with Crippen molar-refractivity contribution >= 4 is 11.4 Å². The summed E-state index contributed by atoms with van der Waals surface area (Å²) in [5.74, 6) is 0. The van der Waals surface area contributed by atoms with Gasteiger partial charge < -0.3 is 0 Å². The maximum atomic E-state index is 10.6. The van der Waals surface area contributed by atoms with Crippen LogP contribution in [0.3, 0.4) is 0 Å². The van der Waals surface area contributed by atoms with Gasteiger partial charge in [0, 0.05) is 6.07 Å². The van der Waals surface area contributed by atoms with Crippen LogP contribution in [0.5, 0.6) is 0 Å². The third-order valence-corrected chi connectivity index (χ3v) is 1.61. The van der Waals surface area contributed by atoms with Crippen molar-refractivity contribution in [1.82, 2.24) is 0 Å². The van der Waals surface area contributed by atoms with Crippen LogP contribution >= 0.6 is 0 Å². The van der Waals surface area contributed by atoms with Crippen molar-refractivity contribution in [3.63, 3.8) is 0 Å². The largest absolute Gasteiger partial charge is 0.297 e. The van der Waals surface area contributed by atoms with Crippen LogP contribution in [0.1, 0.15) is 0 Å². The van der Waals surface area contributed by atoms with Crippen LogP contribution in [0.25, 0.3) is 0 Å². The van der Waals surface area contributed by atoms with Crippen molar-refractivity contribution < 1.29 is 14.6 Å². The summed E-state index contributed by atoms with van der Waals surface area (Å²) in [4.78, 5) is 19.7. The highest BCUT2D eigenvalue weighted by Crippen LogP contribution is 2.27. The highest BCUT2D eigenvalue weighted by atomic mass is 16.9. The van der Waals surface area contributed by atoms with Crippen molar-refractivity contribution in [3.8, 4) is 0 Å². The number of nitro groups is 1. The number of benzene rings is 1. The summed E-state index contributed by atoms with van der Waals surface area (Å²) in [6, 6.07) is 6.14. The molecule has 0 unspecified atom stereocenters. The number of rotatable bonds is 4. The molecule has 0 heterocycles. The van der Waals surface area contributed by atoms with Crippen LogP contribution in [-0.2, 0) is 9.68 Å². The van der Waals surface area contributed by atoms with Crippen LogP contribution in [0.4, 0.5) is 11.4 Å². The van der Waals surface area contributed by atoms with Gasteiger partial charge >= 0.3 is 0 Å². The molecule has 0 aliphatic carbocycles. The topological polar surface area (TPSA) is 64.8 Å². The van der Waals surface area contributed by atoms with Crippen LogP contribution in [0.2, 0.25) is 0 Å². The Kier molecular flexibility index (Phi) is 3.38. The summed E-state index contributed by atoms with van der Waals surface area (Å²) in [5.41, 5.74) is 0.179. The molecule has 76 valence electrons. The first kappa shape index (κ1) is 10.4. The van der Waals surface area contributed by atoms with E-state index in [1.165, 1.54) is 26.4 Å². The van der Waals surface area contributed by atoms with E-state index < -0.39 is 4.92 Å². The number of nitro benzene ring substituents is 1. The molecule has 1 aromatic rings. The highest BCUT2D eigenvalue weighted by Gasteiger charge is 2.18. The number of anilines is 1. The molecule has 0 aliphatic heterocycles. The van der Waals surface area contributed by atoms with Crippen molar-refractivity contribution in [2.24, 2.45) is 0 Å². The molecule has 1 rings (SSSR count). The fraction of sp³-hybridized carbons (Fsp3) is 0.250. The monoisotopic (exact) mass is 198 g/mol. The molecule has 0 radical (unpaired) electrons. The van der Waals surface area contributed by atoms with E-state index in [1.54, 1.807) is 12.1 Å². The summed E-state index contributed by atoms with van der Waals surface area (Å²) in [5, 5.41) is 11.6. The molecule has 6 nitrogen and oxygen atoms in total. The Bertz CT molecular complexity index is 325. The molecule has 0 saturated carbocycles. The maximum absolute atomic E-state index is 10.6. The van der Waals surface area contributed by atoms with E-state index in [-0.39, 0.29) is 11.4 Å². The smallest absolute Gasteiger partial charge is 0.258 e. The molecule has 0 aromatic heterocycles. The lowest BCUT2D eigenvalue weighted by molar-refractivity contribution is -0.384. The Morgan fingerprint density at radius 1 is 1.29 bits per heavy atom. The van der Waals surface area contributed by atoms with Gasteiger partial charge in [-0.2, -0.15) is 0 Å². The van der Waals surface area contributed by atoms with E-state index in [1.807, 2.05) is 0 Å². The van der Waals surface area contributed by atoms with Gasteiger partial charge in [0.25, 0.3) is 5.69 Å². The van der Waals surface area contributed by atoms with Gasteiger partial charge in [0.05, 0.1) is 19.1 Å². The lowest BCUT2D eigenvalue weighted by Crippen LogP contribution is -2.20. The molecule has 0 N–H and O–H groups in total. The second-order valence-corrected chi connectivity index (χ2v) is 2.37. The minimum Gasteiger partial charge on any atom is -0.258 e. The molecule has 0 spiro atoms. The SMILES string of the molecule is CON(OC)c1ccccc1[N+](=O)[O-]. The second kappa shape index (κ2) is 4.54. The van der Waals surface area contributed by atoms with E-state index in [2.05, 4.69) is 0 Å². The summed E-state index contributed by atoms with van der Waals surface area (Å²) < 4.78 is 0. The fourth-order valence-electron chi connectivity index (χ4n) is 1.04. The Balaban J connectivity index is 3.11. The summed E-state index contributed by atoms with van der Waals surface area (Å²) in [6.07, 6.45) is 0. The van der Waals surface area contributed by atoms with Gasteiger partial charge in [-0.05, 0) is 6.07 Å². The minimum absolute atomic E-state index is 0.0730. The van der Waals surface area contributed by atoms with Crippen LogP contribution < -0.4 is 5.23 Å². The van der Waals surface area contributed by atoms with E-state index in [9.17, 15) is 10.1 Å². The quantitative estimate of drug-likeness (QED) is 0.542. The molecule has 0 amide bonds. The minimum atomic E-state index is -0.500. The Labute approximate surface area is 80.7 Å². The Morgan fingerprint density at radius 3 is 2.36 bits per heavy atom. The molecule has 1 aromatic carbocycles. The summed E-state index contributed by atoms with van der Waals surface area (Å²) >= 11 is 0. The lowest BCUT2D eigenvalue weighted by atomic mass is 10.3. The first-order chi connectivity index (χ1) is 6.70. The van der Waals surface area contributed by atoms with Crippen molar-refractivity contribution in [1.29, 1.82) is 0 Å². The van der Waals surface area contributed by atoms with Gasteiger partial charge in [0.15, 0.2) is 5.69 Å². The number of nitrogens with zero attached hydrogens (tertiary/aromatic N) is 2. The normalized spacial score (nSPS) is 9.86. The molecule has 14 heavy (non-hydrogen) atoms. The first-order valence-corrected chi connectivity index (χ1v) is 3.82. The zero-order chi connectivity index (χ0) is 10.6. The number of hydrogen-bond donors (Lipinski definition) is 0. The zero-order valence-electron chi connectivity index (χ0n) is 7.84. The van der Waals surface area contributed by atoms with Crippen molar-refractivity contribution in [3.05, 3.63) is 34.4 Å². The first-order valence-electron chi connectivity index (χ1n) is 3.82.